The van der Waals surface area contributed by atoms with Crippen LogP contribution in [0.25, 0.3) is 0 Å². The summed E-state index contributed by atoms with van der Waals surface area (Å²) < 4.78 is 0. The molecule has 4 nitrogen and oxygen atoms in total. The molecule has 0 saturated carbocycles. The van der Waals surface area contributed by atoms with E-state index in [0.717, 1.165) is 6.42 Å². The highest BCUT2D eigenvalue weighted by Gasteiger charge is 2.28. The molecule has 0 spiro atoms. The lowest BCUT2D eigenvalue weighted by molar-refractivity contribution is -0.134. The first-order valence-corrected chi connectivity index (χ1v) is 5.35. The quantitative estimate of drug-likeness (QED) is 0.671. The Balaban J connectivity index is 2.45. The zero-order valence-electron chi connectivity index (χ0n) is 8.78. The molecular weight excluding hydrogens is 180 g/mol. The number of amides is 1. The van der Waals surface area contributed by atoms with Gasteiger partial charge in [-0.15, -0.1) is 0 Å². The van der Waals surface area contributed by atoms with Crippen LogP contribution >= 0.6 is 0 Å². The fraction of sp³-hybridized carbons (Fsp3) is 0.900. The van der Waals surface area contributed by atoms with Gasteiger partial charge in [0, 0.05) is 32.0 Å². The summed E-state index contributed by atoms with van der Waals surface area (Å²) >= 11 is 0. The van der Waals surface area contributed by atoms with Crippen molar-refractivity contribution in [1.29, 1.82) is 0 Å². The van der Waals surface area contributed by atoms with E-state index >= 15 is 0 Å². The molecule has 3 N–H and O–H groups in total. The number of nitrogens with zero attached hydrogens (tertiary/aromatic N) is 1. The molecule has 1 aliphatic rings. The average molecular weight is 200 g/mol. The van der Waals surface area contributed by atoms with Gasteiger partial charge in [0.2, 0.25) is 5.91 Å². The number of piperidine rings is 1. The number of aliphatic hydroxyl groups excluding tert-OH is 1. The molecular formula is C10H20N2O2. The van der Waals surface area contributed by atoms with Crippen molar-refractivity contribution in [2.24, 2.45) is 11.7 Å². The van der Waals surface area contributed by atoms with Gasteiger partial charge in [-0.1, -0.05) is 6.92 Å². The predicted octanol–water partition coefficient (Wildman–Crippen LogP) is -0.0454. The fourth-order valence-corrected chi connectivity index (χ4v) is 1.93. The molecule has 1 saturated heterocycles. The first kappa shape index (κ1) is 11.5. The summed E-state index contributed by atoms with van der Waals surface area (Å²) in [5.74, 6) is 0.364. The van der Waals surface area contributed by atoms with E-state index in [1.54, 1.807) is 0 Å². The maximum atomic E-state index is 11.5. The number of carbonyl (C=O) groups excluding carboxylic acids is 1. The molecule has 0 unspecified atom stereocenters. The Hall–Kier alpha value is -0.610. The van der Waals surface area contributed by atoms with Gasteiger partial charge in [-0.05, 0) is 12.8 Å². The van der Waals surface area contributed by atoms with Gasteiger partial charge in [0.05, 0.1) is 6.10 Å². The van der Waals surface area contributed by atoms with Crippen molar-refractivity contribution < 1.29 is 9.90 Å². The second kappa shape index (κ2) is 5.32. The van der Waals surface area contributed by atoms with Crippen molar-refractivity contribution in [2.75, 3.05) is 19.6 Å². The Morgan fingerprint density at radius 2 is 2.36 bits per heavy atom. The summed E-state index contributed by atoms with van der Waals surface area (Å²) in [6.45, 7) is 3.83. The van der Waals surface area contributed by atoms with Gasteiger partial charge < -0.3 is 15.7 Å². The molecule has 1 heterocycles. The molecule has 4 heteroatoms. The van der Waals surface area contributed by atoms with Gasteiger partial charge in [-0.25, -0.2) is 0 Å². The number of nitrogens with two attached hydrogens (primary N) is 1. The molecule has 0 aromatic heterocycles. The van der Waals surface area contributed by atoms with Crippen LogP contribution in [0.15, 0.2) is 0 Å². The molecule has 0 bridgehead atoms. The number of aliphatic hydroxyl groups is 1. The number of rotatable bonds is 3. The molecule has 2 atom stereocenters. The van der Waals surface area contributed by atoms with Crippen LogP contribution in [-0.4, -0.2) is 41.7 Å². The minimum Gasteiger partial charge on any atom is -0.393 e. The maximum absolute atomic E-state index is 11.5. The van der Waals surface area contributed by atoms with Crippen molar-refractivity contribution in [3.8, 4) is 0 Å². The van der Waals surface area contributed by atoms with Gasteiger partial charge >= 0.3 is 0 Å². The smallest absolute Gasteiger partial charge is 0.223 e. The van der Waals surface area contributed by atoms with Crippen molar-refractivity contribution in [3.05, 3.63) is 0 Å². The van der Waals surface area contributed by atoms with Crippen LogP contribution in [0, 0.1) is 5.92 Å². The first-order chi connectivity index (χ1) is 6.69. The molecule has 82 valence electrons. The van der Waals surface area contributed by atoms with Crippen molar-refractivity contribution in [2.45, 2.75) is 32.3 Å². The highest BCUT2D eigenvalue weighted by atomic mass is 16.3. The van der Waals surface area contributed by atoms with E-state index in [9.17, 15) is 9.90 Å². The average Bonchev–Trinajstić information content (AvgIpc) is 2.19. The van der Waals surface area contributed by atoms with Crippen LogP contribution < -0.4 is 5.73 Å². The SMILES string of the molecule is CC[C@@H]1CN(C(=O)CCN)CC[C@@H]1O. The van der Waals surface area contributed by atoms with Crippen LogP contribution in [0.1, 0.15) is 26.2 Å². The molecule has 14 heavy (non-hydrogen) atoms. The van der Waals surface area contributed by atoms with Gasteiger partial charge in [-0.3, -0.25) is 4.79 Å². The van der Waals surface area contributed by atoms with Crippen LogP contribution in [0.4, 0.5) is 0 Å². The van der Waals surface area contributed by atoms with E-state index in [1.165, 1.54) is 0 Å². The Bertz CT molecular complexity index is 197. The second-order valence-electron chi connectivity index (χ2n) is 3.90. The third kappa shape index (κ3) is 2.69. The maximum Gasteiger partial charge on any atom is 0.223 e. The van der Waals surface area contributed by atoms with Crippen molar-refractivity contribution in [1.82, 2.24) is 4.90 Å². The third-order valence-electron chi connectivity index (χ3n) is 2.93. The Morgan fingerprint density at radius 1 is 1.64 bits per heavy atom. The van der Waals surface area contributed by atoms with Gasteiger partial charge in [0.25, 0.3) is 0 Å². The van der Waals surface area contributed by atoms with E-state index in [-0.39, 0.29) is 17.9 Å². The first-order valence-electron chi connectivity index (χ1n) is 5.35. The summed E-state index contributed by atoms with van der Waals surface area (Å²) in [5, 5.41) is 9.64. The molecule has 0 radical (unpaired) electrons. The molecule has 0 aromatic rings. The number of likely N-dealkylation sites (tertiary alicyclic amines) is 1. The summed E-state index contributed by atoms with van der Waals surface area (Å²) in [7, 11) is 0. The number of hydrogen-bond donors (Lipinski definition) is 2. The van der Waals surface area contributed by atoms with E-state index in [0.29, 0.717) is 32.5 Å². The molecule has 0 aliphatic carbocycles. The highest BCUT2D eigenvalue weighted by Crippen LogP contribution is 2.20. The van der Waals surface area contributed by atoms with E-state index in [2.05, 4.69) is 0 Å². The standard InChI is InChI=1S/C10H20N2O2/c1-2-8-7-12(6-4-9(8)13)10(14)3-5-11/h8-9,13H,2-7,11H2,1H3/t8-,9+/m1/s1. The highest BCUT2D eigenvalue weighted by molar-refractivity contribution is 5.76. The monoisotopic (exact) mass is 200 g/mol. The zero-order valence-corrected chi connectivity index (χ0v) is 8.78. The zero-order chi connectivity index (χ0) is 10.6. The minimum atomic E-state index is -0.234. The molecule has 1 rings (SSSR count). The molecule has 1 fully saturated rings. The van der Waals surface area contributed by atoms with Crippen LogP contribution in [0.5, 0.6) is 0 Å². The lowest BCUT2D eigenvalue weighted by Crippen LogP contribution is -2.46. The van der Waals surface area contributed by atoms with Crippen molar-refractivity contribution in [3.63, 3.8) is 0 Å². The lowest BCUT2D eigenvalue weighted by atomic mass is 9.92. The Morgan fingerprint density at radius 3 is 2.93 bits per heavy atom. The molecule has 0 aromatic carbocycles. The topological polar surface area (TPSA) is 66.6 Å². The second-order valence-corrected chi connectivity index (χ2v) is 3.90. The number of carbonyl (C=O) groups is 1. The van der Waals surface area contributed by atoms with E-state index in [4.69, 9.17) is 5.73 Å². The van der Waals surface area contributed by atoms with E-state index < -0.39 is 0 Å². The van der Waals surface area contributed by atoms with Crippen LogP contribution in [-0.2, 0) is 4.79 Å². The lowest BCUT2D eigenvalue weighted by Gasteiger charge is -2.35. The predicted molar refractivity (Wildman–Crippen MR) is 54.7 cm³/mol. The summed E-state index contributed by atoms with van der Waals surface area (Å²) in [4.78, 5) is 13.4. The number of hydrogen-bond acceptors (Lipinski definition) is 3. The fourth-order valence-electron chi connectivity index (χ4n) is 1.93. The molecule has 1 aliphatic heterocycles. The van der Waals surface area contributed by atoms with Crippen molar-refractivity contribution >= 4 is 5.91 Å². The van der Waals surface area contributed by atoms with E-state index in [1.807, 2.05) is 11.8 Å². The Labute approximate surface area is 85.1 Å². The largest absolute Gasteiger partial charge is 0.393 e. The summed E-state index contributed by atoms with van der Waals surface area (Å²) in [6, 6.07) is 0. The minimum absolute atomic E-state index is 0.123. The van der Waals surface area contributed by atoms with Gasteiger partial charge in [0.15, 0.2) is 0 Å². The van der Waals surface area contributed by atoms with Gasteiger partial charge in [0.1, 0.15) is 0 Å². The van der Waals surface area contributed by atoms with Crippen LogP contribution in [0.3, 0.4) is 0 Å². The summed E-state index contributed by atoms with van der Waals surface area (Å²) in [5.41, 5.74) is 5.33. The summed E-state index contributed by atoms with van der Waals surface area (Å²) in [6.07, 6.45) is 1.82. The molecule has 1 amide bonds. The normalized spacial score (nSPS) is 27.8. The van der Waals surface area contributed by atoms with Gasteiger partial charge in [-0.2, -0.15) is 0 Å². The third-order valence-corrected chi connectivity index (χ3v) is 2.93. The van der Waals surface area contributed by atoms with Crippen LogP contribution in [0.2, 0.25) is 0 Å². The Kier molecular flexibility index (Phi) is 4.35.